The van der Waals surface area contributed by atoms with Gasteiger partial charge in [0.1, 0.15) is 0 Å². The SMILES string of the molecule is CC(C)CNCc1sc(-c2ccco2)nc1C1CC1. The van der Waals surface area contributed by atoms with Crippen molar-refractivity contribution in [2.75, 3.05) is 6.54 Å². The van der Waals surface area contributed by atoms with Gasteiger partial charge in [-0.2, -0.15) is 0 Å². The highest BCUT2D eigenvalue weighted by Gasteiger charge is 2.30. The van der Waals surface area contributed by atoms with Crippen LogP contribution in [0.15, 0.2) is 22.8 Å². The fourth-order valence-corrected chi connectivity index (χ4v) is 3.23. The molecule has 0 aliphatic heterocycles. The minimum absolute atomic E-state index is 0.682. The van der Waals surface area contributed by atoms with Crippen molar-refractivity contribution < 1.29 is 4.42 Å². The summed E-state index contributed by atoms with van der Waals surface area (Å²) in [6.07, 6.45) is 4.29. The van der Waals surface area contributed by atoms with Crippen LogP contribution in [-0.2, 0) is 6.54 Å². The molecule has 4 heteroatoms. The Hall–Kier alpha value is -1.13. The summed E-state index contributed by atoms with van der Waals surface area (Å²) in [6.45, 7) is 6.45. The van der Waals surface area contributed by atoms with Crippen LogP contribution in [-0.4, -0.2) is 11.5 Å². The maximum absolute atomic E-state index is 5.46. The van der Waals surface area contributed by atoms with Crippen molar-refractivity contribution in [3.8, 4) is 10.8 Å². The van der Waals surface area contributed by atoms with E-state index in [9.17, 15) is 0 Å². The summed E-state index contributed by atoms with van der Waals surface area (Å²) >= 11 is 1.77. The molecule has 102 valence electrons. The maximum Gasteiger partial charge on any atom is 0.162 e. The lowest BCUT2D eigenvalue weighted by Gasteiger charge is -2.06. The molecule has 0 aromatic carbocycles. The highest BCUT2D eigenvalue weighted by Crippen LogP contribution is 2.44. The van der Waals surface area contributed by atoms with Crippen LogP contribution in [0.5, 0.6) is 0 Å². The third kappa shape index (κ3) is 3.07. The summed E-state index contributed by atoms with van der Waals surface area (Å²) < 4.78 is 5.46. The molecule has 1 aliphatic carbocycles. The first kappa shape index (κ1) is 12.9. The van der Waals surface area contributed by atoms with Gasteiger partial charge in [0, 0.05) is 17.3 Å². The summed E-state index contributed by atoms with van der Waals surface area (Å²) in [5.74, 6) is 2.26. The largest absolute Gasteiger partial charge is 0.462 e. The Morgan fingerprint density at radius 3 is 2.95 bits per heavy atom. The van der Waals surface area contributed by atoms with Crippen LogP contribution >= 0.6 is 11.3 Å². The van der Waals surface area contributed by atoms with E-state index in [1.807, 2.05) is 12.1 Å². The molecular weight excluding hydrogens is 256 g/mol. The lowest BCUT2D eigenvalue weighted by Crippen LogP contribution is -2.18. The Balaban J connectivity index is 1.77. The minimum atomic E-state index is 0.682. The molecule has 0 spiro atoms. The van der Waals surface area contributed by atoms with Crippen molar-refractivity contribution in [1.29, 1.82) is 0 Å². The average molecular weight is 276 g/mol. The predicted molar refractivity (Wildman–Crippen MR) is 78.3 cm³/mol. The summed E-state index contributed by atoms with van der Waals surface area (Å²) in [5.41, 5.74) is 1.30. The number of hydrogen-bond acceptors (Lipinski definition) is 4. The van der Waals surface area contributed by atoms with Crippen molar-refractivity contribution in [2.45, 2.75) is 39.2 Å². The third-order valence-corrected chi connectivity index (χ3v) is 4.35. The zero-order valence-electron chi connectivity index (χ0n) is 11.5. The van der Waals surface area contributed by atoms with E-state index in [2.05, 4.69) is 19.2 Å². The van der Waals surface area contributed by atoms with Gasteiger partial charge in [0.25, 0.3) is 0 Å². The van der Waals surface area contributed by atoms with Crippen LogP contribution in [0.2, 0.25) is 0 Å². The second-order valence-corrected chi connectivity index (χ2v) is 6.69. The van der Waals surface area contributed by atoms with Crippen LogP contribution in [0, 0.1) is 5.92 Å². The molecule has 19 heavy (non-hydrogen) atoms. The zero-order chi connectivity index (χ0) is 13.2. The molecular formula is C15H20N2OS. The molecule has 1 N–H and O–H groups in total. The van der Waals surface area contributed by atoms with Gasteiger partial charge in [-0.3, -0.25) is 0 Å². The number of rotatable bonds is 6. The lowest BCUT2D eigenvalue weighted by molar-refractivity contribution is 0.553. The molecule has 3 nitrogen and oxygen atoms in total. The number of nitrogens with one attached hydrogen (secondary N) is 1. The first-order valence-corrected chi connectivity index (χ1v) is 7.80. The molecule has 1 saturated carbocycles. The minimum Gasteiger partial charge on any atom is -0.462 e. The summed E-state index contributed by atoms with van der Waals surface area (Å²) in [5, 5.41) is 4.54. The number of thiazole rings is 1. The standard InChI is InChI=1S/C15H20N2OS/c1-10(2)8-16-9-13-14(11-5-6-11)17-15(19-13)12-4-3-7-18-12/h3-4,7,10-11,16H,5-6,8-9H2,1-2H3. The van der Waals surface area contributed by atoms with Gasteiger partial charge in [0.2, 0.25) is 0 Å². The number of aromatic nitrogens is 1. The third-order valence-electron chi connectivity index (χ3n) is 3.26. The van der Waals surface area contributed by atoms with Gasteiger partial charge in [-0.15, -0.1) is 11.3 Å². The van der Waals surface area contributed by atoms with Gasteiger partial charge >= 0.3 is 0 Å². The van der Waals surface area contributed by atoms with E-state index in [0.717, 1.165) is 23.9 Å². The highest BCUT2D eigenvalue weighted by molar-refractivity contribution is 7.15. The van der Waals surface area contributed by atoms with Crippen LogP contribution in [0.25, 0.3) is 10.8 Å². The molecule has 1 aliphatic rings. The van der Waals surface area contributed by atoms with Gasteiger partial charge in [-0.1, -0.05) is 13.8 Å². The number of furan rings is 1. The molecule has 2 aromatic heterocycles. The highest BCUT2D eigenvalue weighted by atomic mass is 32.1. The topological polar surface area (TPSA) is 38.1 Å². The second kappa shape index (κ2) is 5.47. The van der Waals surface area contributed by atoms with Crippen molar-refractivity contribution in [1.82, 2.24) is 10.3 Å². The fraction of sp³-hybridized carbons (Fsp3) is 0.533. The molecule has 0 amide bonds. The molecule has 0 bridgehead atoms. The fourth-order valence-electron chi connectivity index (χ4n) is 2.15. The maximum atomic E-state index is 5.46. The van der Waals surface area contributed by atoms with Gasteiger partial charge in [-0.25, -0.2) is 4.98 Å². The van der Waals surface area contributed by atoms with Crippen LogP contribution in [0.4, 0.5) is 0 Å². The van der Waals surface area contributed by atoms with Gasteiger partial charge in [0.15, 0.2) is 10.8 Å². The molecule has 0 atom stereocenters. The molecule has 2 heterocycles. The molecule has 2 aromatic rings. The number of hydrogen-bond donors (Lipinski definition) is 1. The molecule has 0 saturated heterocycles. The Morgan fingerprint density at radius 2 is 2.32 bits per heavy atom. The van der Waals surface area contributed by atoms with E-state index in [-0.39, 0.29) is 0 Å². The van der Waals surface area contributed by atoms with E-state index in [0.29, 0.717) is 11.8 Å². The van der Waals surface area contributed by atoms with Gasteiger partial charge < -0.3 is 9.73 Å². The smallest absolute Gasteiger partial charge is 0.162 e. The second-order valence-electron chi connectivity index (χ2n) is 5.60. The molecule has 1 fully saturated rings. The normalized spacial score (nSPS) is 15.3. The van der Waals surface area contributed by atoms with Gasteiger partial charge in [-0.05, 0) is 37.4 Å². The molecule has 0 radical (unpaired) electrons. The Kier molecular flexibility index (Phi) is 3.71. The van der Waals surface area contributed by atoms with E-state index in [1.165, 1.54) is 23.4 Å². The molecule has 0 unspecified atom stereocenters. The van der Waals surface area contributed by atoms with Crippen molar-refractivity contribution in [3.63, 3.8) is 0 Å². The molecule has 3 rings (SSSR count). The van der Waals surface area contributed by atoms with Gasteiger partial charge in [0.05, 0.1) is 12.0 Å². The number of nitrogens with zero attached hydrogens (tertiary/aromatic N) is 1. The summed E-state index contributed by atoms with van der Waals surface area (Å²) in [7, 11) is 0. The Bertz CT molecular complexity index is 526. The monoisotopic (exact) mass is 276 g/mol. The van der Waals surface area contributed by atoms with E-state index in [4.69, 9.17) is 9.40 Å². The first-order valence-electron chi connectivity index (χ1n) is 6.98. The predicted octanol–water partition coefficient (Wildman–Crippen LogP) is 4.03. The van der Waals surface area contributed by atoms with Crippen LogP contribution < -0.4 is 5.32 Å². The van der Waals surface area contributed by atoms with Crippen molar-refractivity contribution in [3.05, 3.63) is 29.0 Å². The summed E-state index contributed by atoms with van der Waals surface area (Å²) in [4.78, 5) is 6.18. The lowest BCUT2D eigenvalue weighted by atomic mass is 10.2. The quantitative estimate of drug-likeness (QED) is 0.865. The van der Waals surface area contributed by atoms with E-state index in [1.54, 1.807) is 17.6 Å². The zero-order valence-corrected chi connectivity index (χ0v) is 12.3. The Labute approximate surface area is 118 Å². The van der Waals surface area contributed by atoms with Crippen LogP contribution in [0.3, 0.4) is 0 Å². The summed E-state index contributed by atoms with van der Waals surface area (Å²) in [6, 6.07) is 3.91. The van der Waals surface area contributed by atoms with E-state index >= 15 is 0 Å². The average Bonchev–Trinajstić information content (AvgIpc) is 2.91. The van der Waals surface area contributed by atoms with Crippen molar-refractivity contribution >= 4 is 11.3 Å². The van der Waals surface area contributed by atoms with E-state index < -0.39 is 0 Å². The Morgan fingerprint density at radius 1 is 1.47 bits per heavy atom. The first-order chi connectivity index (χ1) is 9.24. The van der Waals surface area contributed by atoms with Crippen LogP contribution in [0.1, 0.15) is 43.2 Å². The van der Waals surface area contributed by atoms with Crippen molar-refractivity contribution in [2.24, 2.45) is 5.92 Å².